The minimum absolute atomic E-state index is 0.0434. The largest absolute Gasteiger partial charge is 0.454 e. The molecule has 7 nitrogen and oxygen atoms in total. The summed E-state index contributed by atoms with van der Waals surface area (Å²) in [5.41, 5.74) is 3.83. The first kappa shape index (κ1) is 34.5. The van der Waals surface area contributed by atoms with E-state index in [1.54, 1.807) is 6.92 Å². The van der Waals surface area contributed by atoms with Gasteiger partial charge in [0.1, 0.15) is 12.2 Å². The SMILES string of the molecule is C/C(=C\CCc1ccc(C(C)C)cc1)C(=O)O[C@@H]1CO[C@@H](OCC(C)CCCC2=CCC(C(C)(C)O)CC2)[C@H](O)[C@H]1O. The van der Waals surface area contributed by atoms with Crippen LogP contribution in [0.3, 0.4) is 0 Å². The number of benzene rings is 1. The van der Waals surface area contributed by atoms with Crippen LogP contribution < -0.4 is 0 Å². The van der Waals surface area contributed by atoms with Crippen LogP contribution in [0.5, 0.6) is 0 Å². The third-order valence-corrected chi connectivity index (χ3v) is 8.79. The van der Waals surface area contributed by atoms with Gasteiger partial charge in [-0.3, -0.25) is 0 Å². The molecule has 0 aromatic heterocycles. The molecule has 236 valence electrons. The summed E-state index contributed by atoms with van der Waals surface area (Å²) in [6.07, 6.45) is 7.24. The average Bonchev–Trinajstić information content (AvgIpc) is 2.95. The molecule has 1 aliphatic carbocycles. The van der Waals surface area contributed by atoms with Crippen LogP contribution in [0.2, 0.25) is 0 Å². The van der Waals surface area contributed by atoms with Crippen LogP contribution in [0.15, 0.2) is 47.6 Å². The molecule has 1 saturated heterocycles. The molecule has 0 saturated carbocycles. The molecule has 0 bridgehead atoms. The van der Waals surface area contributed by atoms with E-state index in [2.05, 4.69) is 51.1 Å². The molecule has 3 N–H and O–H groups in total. The zero-order valence-electron chi connectivity index (χ0n) is 26.6. The van der Waals surface area contributed by atoms with Gasteiger partial charge in [-0.25, -0.2) is 4.79 Å². The predicted molar refractivity (Wildman–Crippen MR) is 165 cm³/mol. The predicted octanol–water partition coefficient (Wildman–Crippen LogP) is 6.00. The number of carbonyl (C=O) groups excluding carboxylic acids is 1. The van der Waals surface area contributed by atoms with Gasteiger partial charge < -0.3 is 29.5 Å². The van der Waals surface area contributed by atoms with E-state index in [1.807, 2.05) is 19.9 Å². The summed E-state index contributed by atoms with van der Waals surface area (Å²) in [6, 6.07) is 8.53. The quantitative estimate of drug-likeness (QED) is 0.140. The van der Waals surface area contributed by atoms with E-state index in [-0.39, 0.29) is 12.5 Å². The third kappa shape index (κ3) is 10.6. The molecule has 7 heteroatoms. The number of allylic oxidation sites excluding steroid dienone is 3. The van der Waals surface area contributed by atoms with Crippen LogP contribution in [-0.4, -0.2) is 64.7 Å². The Balaban J connectivity index is 1.34. The second-order valence-corrected chi connectivity index (χ2v) is 13.3. The zero-order valence-corrected chi connectivity index (χ0v) is 26.6. The fourth-order valence-electron chi connectivity index (χ4n) is 5.63. The van der Waals surface area contributed by atoms with E-state index >= 15 is 0 Å². The van der Waals surface area contributed by atoms with Gasteiger partial charge in [-0.15, -0.1) is 0 Å². The first-order valence-corrected chi connectivity index (χ1v) is 15.8. The van der Waals surface area contributed by atoms with Crippen LogP contribution in [0.1, 0.15) is 104 Å². The highest BCUT2D eigenvalue weighted by Crippen LogP contribution is 2.33. The maximum absolute atomic E-state index is 12.6. The normalized spacial score (nSPS) is 26.2. The van der Waals surface area contributed by atoms with Crippen LogP contribution in [-0.2, 0) is 25.4 Å². The van der Waals surface area contributed by atoms with E-state index in [9.17, 15) is 20.1 Å². The molecule has 2 aliphatic rings. The lowest BCUT2D eigenvalue weighted by molar-refractivity contribution is -0.275. The lowest BCUT2D eigenvalue weighted by Gasteiger charge is -2.37. The van der Waals surface area contributed by atoms with Crippen molar-refractivity contribution in [2.24, 2.45) is 11.8 Å². The van der Waals surface area contributed by atoms with E-state index in [0.717, 1.165) is 44.9 Å². The van der Waals surface area contributed by atoms with Gasteiger partial charge in [0.2, 0.25) is 0 Å². The smallest absolute Gasteiger partial charge is 0.333 e. The number of hydrogen-bond donors (Lipinski definition) is 3. The molecule has 0 amide bonds. The van der Waals surface area contributed by atoms with Crippen LogP contribution in [0.4, 0.5) is 0 Å². The summed E-state index contributed by atoms with van der Waals surface area (Å²) in [7, 11) is 0. The van der Waals surface area contributed by atoms with E-state index in [0.29, 0.717) is 30.4 Å². The number of rotatable bonds is 14. The Bertz CT molecular complexity index is 1040. The highest BCUT2D eigenvalue weighted by molar-refractivity contribution is 5.87. The number of carbonyl (C=O) groups is 1. The minimum atomic E-state index is -1.31. The second kappa shape index (κ2) is 16.2. The van der Waals surface area contributed by atoms with Crippen LogP contribution in [0, 0.1) is 11.8 Å². The van der Waals surface area contributed by atoms with Crippen molar-refractivity contribution >= 4 is 5.97 Å². The lowest BCUT2D eigenvalue weighted by Crippen LogP contribution is -2.55. The molecule has 0 radical (unpaired) electrons. The summed E-state index contributed by atoms with van der Waals surface area (Å²) in [4.78, 5) is 12.6. The monoisotopic (exact) mass is 586 g/mol. The highest BCUT2D eigenvalue weighted by Gasteiger charge is 2.41. The summed E-state index contributed by atoms with van der Waals surface area (Å²) in [5.74, 6) is 0.566. The molecule has 1 aromatic rings. The minimum Gasteiger partial charge on any atom is -0.454 e. The summed E-state index contributed by atoms with van der Waals surface area (Å²) in [6.45, 7) is 12.3. The molecule has 1 fully saturated rings. The van der Waals surface area contributed by atoms with Gasteiger partial charge in [-0.2, -0.15) is 0 Å². The summed E-state index contributed by atoms with van der Waals surface area (Å²) >= 11 is 0. The van der Waals surface area contributed by atoms with Gasteiger partial charge in [0.25, 0.3) is 0 Å². The molecule has 1 aliphatic heterocycles. The van der Waals surface area contributed by atoms with Gasteiger partial charge in [0.05, 0.1) is 18.8 Å². The molecule has 1 aromatic carbocycles. The van der Waals surface area contributed by atoms with Crippen molar-refractivity contribution in [2.75, 3.05) is 13.2 Å². The van der Waals surface area contributed by atoms with Crippen molar-refractivity contribution in [2.45, 2.75) is 129 Å². The zero-order chi connectivity index (χ0) is 30.9. The van der Waals surface area contributed by atoms with E-state index in [1.165, 1.54) is 16.7 Å². The number of hydrogen-bond acceptors (Lipinski definition) is 7. The van der Waals surface area contributed by atoms with Gasteiger partial charge in [0, 0.05) is 5.57 Å². The van der Waals surface area contributed by atoms with Crippen molar-refractivity contribution in [3.63, 3.8) is 0 Å². The first-order valence-electron chi connectivity index (χ1n) is 15.8. The number of ether oxygens (including phenoxy) is 3. The Hall–Kier alpha value is -2.03. The second-order valence-electron chi connectivity index (χ2n) is 13.3. The maximum Gasteiger partial charge on any atom is 0.333 e. The fourth-order valence-corrected chi connectivity index (χ4v) is 5.63. The topological polar surface area (TPSA) is 105 Å². The Morgan fingerprint density at radius 1 is 1.12 bits per heavy atom. The van der Waals surface area contributed by atoms with Gasteiger partial charge in [-0.1, -0.05) is 62.8 Å². The standard InChI is InChI=1S/C35H54O7/c1-23(2)28-17-13-26(14-18-28)12-8-10-25(4)33(38)42-30-22-41-34(32(37)31(30)36)40-21-24(3)9-7-11-27-15-19-29(20-16-27)35(5,6)39/h10,13-15,17-18,23-24,29-32,34,36-37,39H,7-9,11-12,16,19-22H2,1-6H3/b25-10+/t24?,29?,30-,31+,32-,34-/m1/s1. The molecule has 42 heavy (non-hydrogen) atoms. The molecule has 0 spiro atoms. The third-order valence-electron chi connectivity index (χ3n) is 8.79. The van der Waals surface area contributed by atoms with Crippen LogP contribution >= 0.6 is 0 Å². The van der Waals surface area contributed by atoms with Crippen LogP contribution in [0.25, 0.3) is 0 Å². The fraction of sp³-hybridized carbons (Fsp3) is 0.686. The first-order chi connectivity index (χ1) is 19.8. The Morgan fingerprint density at radius 3 is 2.45 bits per heavy atom. The molecular formula is C35H54O7. The van der Waals surface area contributed by atoms with Gasteiger partial charge in [-0.05, 0) is 101 Å². The van der Waals surface area contributed by atoms with Gasteiger partial charge >= 0.3 is 5.97 Å². The maximum atomic E-state index is 12.6. The Kier molecular flexibility index (Phi) is 13.3. The average molecular weight is 587 g/mol. The van der Waals surface area contributed by atoms with Gasteiger partial charge in [0.15, 0.2) is 12.4 Å². The Labute approximate surface area is 253 Å². The van der Waals surface area contributed by atoms with Crippen molar-refractivity contribution in [1.82, 2.24) is 0 Å². The molecule has 3 rings (SSSR count). The lowest BCUT2D eigenvalue weighted by atomic mass is 9.78. The van der Waals surface area contributed by atoms with E-state index < -0.39 is 36.2 Å². The summed E-state index contributed by atoms with van der Waals surface area (Å²) < 4.78 is 16.9. The molecular weight excluding hydrogens is 532 g/mol. The molecule has 1 heterocycles. The molecule has 6 atom stereocenters. The van der Waals surface area contributed by atoms with Crippen molar-refractivity contribution in [1.29, 1.82) is 0 Å². The highest BCUT2D eigenvalue weighted by atomic mass is 16.7. The summed E-state index contributed by atoms with van der Waals surface area (Å²) in [5, 5.41) is 31.4. The van der Waals surface area contributed by atoms with Crippen molar-refractivity contribution < 1.29 is 34.3 Å². The van der Waals surface area contributed by atoms with Crippen molar-refractivity contribution in [3.05, 3.63) is 58.7 Å². The number of esters is 1. The van der Waals surface area contributed by atoms with E-state index in [4.69, 9.17) is 14.2 Å². The Morgan fingerprint density at radius 2 is 1.83 bits per heavy atom. The molecule has 2 unspecified atom stereocenters. The number of aliphatic hydroxyl groups excluding tert-OH is 2. The number of aliphatic hydroxyl groups is 3. The number of aryl methyl sites for hydroxylation is 1. The van der Waals surface area contributed by atoms with Crippen molar-refractivity contribution in [3.8, 4) is 0 Å².